The first kappa shape index (κ1) is 14.9. The topological polar surface area (TPSA) is 55.2 Å². The maximum absolute atomic E-state index is 13.2. The summed E-state index contributed by atoms with van der Waals surface area (Å²) in [5.41, 5.74) is 0.398. The van der Waals surface area contributed by atoms with Gasteiger partial charge in [-0.15, -0.1) is 0 Å². The van der Waals surface area contributed by atoms with Crippen LogP contribution >= 0.6 is 0 Å². The van der Waals surface area contributed by atoms with E-state index in [4.69, 9.17) is 0 Å². The smallest absolute Gasteiger partial charge is 0.274 e. The lowest BCUT2D eigenvalue weighted by Gasteiger charge is -2.21. The van der Waals surface area contributed by atoms with Crippen LogP contribution in [0.25, 0.3) is 0 Å². The number of halogens is 1. The van der Waals surface area contributed by atoms with Crippen molar-refractivity contribution in [3.63, 3.8) is 0 Å². The highest BCUT2D eigenvalue weighted by Gasteiger charge is 2.15. The second kappa shape index (κ2) is 7.33. The van der Waals surface area contributed by atoms with Gasteiger partial charge in [0.05, 0.1) is 4.92 Å². The van der Waals surface area contributed by atoms with Gasteiger partial charge in [0.25, 0.3) is 5.69 Å². The third kappa shape index (κ3) is 4.27. The van der Waals surface area contributed by atoms with Gasteiger partial charge in [-0.25, -0.2) is 4.39 Å². The number of nitrogens with one attached hydrogen (secondary N) is 1. The lowest BCUT2D eigenvalue weighted by Crippen LogP contribution is -2.19. The van der Waals surface area contributed by atoms with Gasteiger partial charge >= 0.3 is 0 Å². The van der Waals surface area contributed by atoms with Crippen molar-refractivity contribution in [2.75, 3.05) is 6.54 Å². The van der Waals surface area contributed by atoms with Gasteiger partial charge in [0.15, 0.2) is 0 Å². The Hall–Kier alpha value is -1.49. The van der Waals surface area contributed by atoms with Crippen molar-refractivity contribution in [3.05, 3.63) is 39.7 Å². The van der Waals surface area contributed by atoms with Crippen LogP contribution < -0.4 is 5.32 Å². The first-order valence-corrected chi connectivity index (χ1v) is 7.30. The highest BCUT2D eigenvalue weighted by molar-refractivity contribution is 5.40. The van der Waals surface area contributed by atoms with E-state index in [0.29, 0.717) is 12.1 Å². The number of nitro groups is 1. The second-order valence-corrected chi connectivity index (χ2v) is 5.50. The zero-order valence-corrected chi connectivity index (χ0v) is 11.6. The molecule has 20 heavy (non-hydrogen) atoms. The van der Waals surface area contributed by atoms with Gasteiger partial charge in [-0.3, -0.25) is 10.1 Å². The molecule has 0 spiro atoms. The predicted molar refractivity (Wildman–Crippen MR) is 76.0 cm³/mol. The molecular weight excluding hydrogens is 259 g/mol. The summed E-state index contributed by atoms with van der Waals surface area (Å²) in [7, 11) is 0. The first-order valence-electron chi connectivity index (χ1n) is 7.30. The summed E-state index contributed by atoms with van der Waals surface area (Å²) in [5.74, 6) is 0.346. The van der Waals surface area contributed by atoms with Crippen molar-refractivity contribution >= 4 is 5.69 Å². The second-order valence-electron chi connectivity index (χ2n) is 5.50. The molecule has 0 aliphatic heterocycles. The van der Waals surface area contributed by atoms with Gasteiger partial charge in [0.2, 0.25) is 0 Å². The Morgan fingerprint density at radius 2 is 2.05 bits per heavy atom. The Morgan fingerprint density at radius 3 is 2.75 bits per heavy atom. The first-order chi connectivity index (χ1) is 9.66. The summed E-state index contributed by atoms with van der Waals surface area (Å²) >= 11 is 0. The largest absolute Gasteiger partial charge is 0.312 e. The molecule has 2 rings (SSSR count). The van der Waals surface area contributed by atoms with E-state index in [1.807, 2.05) is 0 Å². The number of rotatable bonds is 6. The Labute approximate surface area is 118 Å². The highest BCUT2D eigenvalue weighted by atomic mass is 19.1. The van der Waals surface area contributed by atoms with E-state index in [1.54, 1.807) is 0 Å². The van der Waals surface area contributed by atoms with Crippen molar-refractivity contribution in [2.45, 2.75) is 45.1 Å². The lowest BCUT2D eigenvalue weighted by atomic mass is 9.87. The number of nitrogens with zero attached hydrogens (tertiary/aromatic N) is 1. The fraction of sp³-hybridized carbons (Fsp3) is 0.600. The van der Waals surface area contributed by atoms with Crippen molar-refractivity contribution in [1.29, 1.82) is 0 Å². The zero-order chi connectivity index (χ0) is 14.4. The molecule has 0 radical (unpaired) electrons. The Bertz CT molecular complexity index is 459. The molecule has 1 aliphatic rings. The van der Waals surface area contributed by atoms with Crippen LogP contribution in [0.1, 0.15) is 44.1 Å². The van der Waals surface area contributed by atoms with Crippen molar-refractivity contribution < 1.29 is 9.31 Å². The summed E-state index contributed by atoms with van der Waals surface area (Å²) < 4.78 is 13.2. The van der Waals surface area contributed by atoms with E-state index in [2.05, 4.69) is 5.32 Å². The van der Waals surface area contributed by atoms with Crippen LogP contribution in [0.3, 0.4) is 0 Å². The molecule has 1 fully saturated rings. The van der Waals surface area contributed by atoms with E-state index in [1.165, 1.54) is 44.2 Å². The molecule has 1 aromatic carbocycles. The molecule has 110 valence electrons. The van der Waals surface area contributed by atoms with Crippen LogP contribution in [-0.2, 0) is 6.54 Å². The summed E-state index contributed by atoms with van der Waals surface area (Å²) in [6.07, 6.45) is 7.67. The van der Waals surface area contributed by atoms with Gasteiger partial charge in [-0.05, 0) is 31.0 Å². The summed E-state index contributed by atoms with van der Waals surface area (Å²) in [4.78, 5) is 10.4. The molecule has 1 N–H and O–H groups in total. The van der Waals surface area contributed by atoms with E-state index < -0.39 is 10.7 Å². The van der Waals surface area contributed by atoms with E-state index in [9.17, 15) is 14.5 Å². The van der Waals surface area contributed by atoms with Gasteiger partial charge in [0.1, 0.15) is 5.82 Å². The summed E-state index contributed by atoms with van der Waals surface area (Å²) in [5, 5.41) is 14.1. The van der Waals surface area contributed by atoms with E-state index >= 15 is 0 Å². The molecule has 0 amide bonds. The van der Waals surface area contributed by atoms with Crippen molar-refractivity contribution in [1.82, 2.24) is 5.32 Å². The van der Waals surface area contributed by atoms with Crippen LogP contribution in [0.2, 0.25) is 0 Å². The standard InChI is InChI=1S/C15H21FN2O2/c16-14-6-7-15(18(19)20)13(10-14)11-17-9-8-12-4-2-1-3-5-12/h6-7,10,12,17H,1-5,8-9,11H2. The van der Waals surface area contributed by atoms with Crippen LogP contribution in [-0.4, -0.2) is 11.5 Å². The minimum absolute atomic E-state index is 0.0171. The highest BCUT2D eigenvalue weighted by Crippen LogP contribution is 2.26. The molecular formula is C15H21FN2O2. The third-order valence-electron chi connectivity index (χ3n) is 4.01. The summed E-state index contributed by atoms with van der Waals surface area (Å²) in [6.45, 7) is 1.18. The summed E-state index contributed by atoms with van der Waals surface area (Å²) in [6, 6.07) is 3.60. The molecule has 1 aliphatic carbocycles. The maximum Gasteiger partial charge on any atom is 0.274 e. The average molecular weight is 280 g/mol. The minimum Gasteiger partial charge on any atom is -0.312 e. The average Bonchev–Trinajstić information content (AvgIpc) is 2.44. The molecule has 0 aromatic heterocycles. The Balaban J connectivity index is 1.81. The molecule has 1 saturated carbocycles. The molecule has 0 atom stereocenters. The zero-order valence-electron chi connectivity index (χ0n) is 11.6. The minimum atomic E-state index is -0.461. The van der Waals surface area contributed by atoms with Crippen LogP contribution in [0.15, 0.2) is 18.2 Å². The molecule has 0 heterocycles. The van der Waals surface area contributed by atoms with E-state index in [0.717, 1.165) is 24.9 Å². The van der Waals surface area contributed by atoms with Crippen LogP contribution in [0.5, 0.6) is 0 Å². The van der Waals surface area contributed by atoms with Crippen molar-refractivity contribution in [2.24, 2.45) is 5.92 Å². The molecule has 0 unspecified atom stereocenters. The predicted octanol–water partition coefficient (Wildman–Crippen LogP) is 3.79. The van der Waals surface area contributed by atoms with Gasteiger partial charge in [-0.1, -0.05) is 32.1 Å². The van der Waals surface area contributed by atoms with E-state index in [-0.39, 0.29) is 5.69 Å². The maximum atomic E-state index is 13.2. The molecule has 5 heteroatoms. The number of hydrogen-bond acceptors (Lipinski definition) is 3. The normalized spacial score (nSPS) is 16.2. The number of benzene rings is 1. The van der Waals surface area contributed by atoms with Gasteiger partial charge in [-0.2, -0.15) is 0 Å². The van der Waals surface area contributed by atoms with Crippen LogP contribution in [0.4, 0.5) is 10.1 Å². The quantitative estimate of drug-likeness (QED) is 0.490. The number of nitro benzene ring substituents is 1. The molecule has 1 aromatic rings. The fourth-order valence-electron chi connectivity index (χ4n) is 2.88. The van der Waals surface area contributed by atoms with Gasteiger partial charge < -0.3 is 5.32 Å². The fourth-order valence-corrected chi connectivity index (χ4v) is 2.88. The van der Waals surface area contributed by atoms with Gasteiger partial charge in [0, 0.05) is 18.2 Å². The molecule has 4 nitrogen and oxygen atoms in total. The SMILES string of the molecule is O=[N+]([O-])c1ccc(F)cc1CNCCC1CCCCC1. The molecule has 0 saturated heterocycles. The monoisotopic (exact) mass is 280 g/mol. The lowest BCUT2D eigenvalue weighted by molar-refractivity contribution is -0.385. The van der Waals surface area contributed by atoms with Crippen LogP contribution in [0, 0.1) is 21.8 Å². The molecule has 0 bridgehead atoms. The Kier molecular flexibility index (Phi) is 5.47. The number of hydrogen-bond donors (Lipinski definition) is 1. The Morgan fingerprint density at radius 1 is 1.30 bits per heavy atom. The third-order valence-corrected chi connectivity index (χ3v) is 4.01. The van der Waals surface area contributed by atoms with Crippen molar-refractivity contribution in [3.8, 4) is 0 Å².